The third kappa shape index (κ3) is 4.97. The van der Waals surface area contributed by atoms with Crippen molar-refractivity contribution in [2.75, 3.05) is 13.2 Å². The second kappa shape index (κ2) is 9.09. The Labute approximate surface area is 189 Å². The van der Waals surface area contributed by atoms with Crippen LogP contribution in [0.4, 0.5) is 0 Å². The van der Waals surface area contributed by atoms with Gasteiger partial charge < -0.3 is 10.1 Å². The molecule has 1 aliphatic heterocycles. The van der Waals surface area contributed by atoms with Gasteiger partial charge in [-0.3, -0.25) is 9.69 Å². The minimum absolute atomic E-state index is 0.0770. The van der Waals surface area contributed by atoms with Crippen molar-refractivity contribution in [2.45, 2.75) is 45.8 Å². The van der Waals surface area contributed by atoms with Crippen LogP contribution in [0.25, 0.3) is 11.1 Å². The summed E-state index contributed by atoms with van der Waals surface area (Å²) in [6.07, 6.45) is 3.15. The molecule has 2 heterocycles. The van der Waals surface area contributed by atoms with Crippen LogP contribution in [0.5, 0.6) is 5.88 Å². The third-order valence-corrected chi connectivity index (χ3v) is 5.48. The second-order valence-electron chi connectivity index (χ2n) is 9.27. The number of aromatic nitrogens is 2. The van der Waals surface area contributed by atoms with Crippen molar-refractivity contribution in [1.29, 1.82) is 0 Å². The molecule has 3 aromatic rings. The number of hydrogen-bond acceptors (Lipinski definition) is 5. The molecule has 2 aromatic carbocycles. The minimum atomic E-state index is -0.543. The molecular formula is C26H30N4O2. The van der Waals surface area contributed by atoms with E-state index in [1.807, 2.05) is 26.8 Å². The van der Waals surface area contributed by atoms with Gasteiger partial charge in [-0.1, -0.05) is 54.1 Å². The Bertz CT molecular complexity index is 1090. The zero-order valence-corrected chi connectivity index (χ0v) is 19.1. The SMILES string of the molecule is Cc1ccc(-c2ccccc2CN2CCOc3ncncc3C2C(=O)NC(C)(C)C)cc1. The maximum absolute atomic E-state index is 13.5. The number of amides is 1. The van der Waals surface area contributed by atoms with Gasteiger partial charge in [0.1, 0.15) is 19.0 Å². The molecule has 1 amide bonds. The van der Waals surface area contributed by atoms with Crippen LogP contribution in [0, 0.1) is 6.92 Å². The first kappa shape index (κ1) is 22.0. The number of aryl methyl sites for hydroxylation is 1. The fraction of sp³-hybridized carbons (Fsp3) is 0.346. The van der Waals surface area contributed by atoms with Crippen molar-refractivity contribution >= 4 is 5.91 Å². The monoisotopic (exact) mass is 430 g/mol. The first-order valence-corrected chi connectivity index (χ1v) is 11.0. The van der Waals surface area contributed by atoms with E-state index in [4.69, 9.17) is 4.74 Å². The second-order valence-corrected chi connectivity index (χ2v) is 9.27. The average molecular weight is 431 g/mol. The molecule has 4 rings (SSSR count). The van der Waals surface area contributed by atoms with E-state index in [1.54, 1.807) is 6.20 Å². The normalized spacial score (nSPS) is 16.6. The van der Waals surface area contributed by atoms with Crippen LogP contribution in [-0.2, 0) is 11.3 Å². The number of carbonyl (C=O) groups is 1. The van der Waals surface area contributed by atoms with Gasteiger partial charge >= 0.3 is 0 Å². The summed E-state index contributed by atoms with van der Waals surface area (Å²) in [6.45, 7) is 9.69. The van der Waals surface area contributed by atoms with Gasteiger partial charge in [0, 0.05) is 24.8 Å². The molecule has 0 saturated carbocycles. The van der Waals surface area contributed by atoms with Crippen LogP contribution in [-0.4, -0.2) is 39.5 Å². The first-order chi connectivity index (χ1) is 15.3. The van der Waals surface area contributed by atoms with Crippen LogP contribution >= 0.6 is 0 Å². The lowest BCUT2D eigenvalue weighted by molar-refractivity contribution is -0.128. The molecule has 0 bridgehead atoms. The molecule has 166 valence electrons. The largest absolute Gasteiger partial charge is 0.476 e. The Hall–Kier alpha value is -3.25. The van der Waals surface area contributed by atoms with Crippen LogP contribution in [0.2, 0.25) is 0 Å². The quantitative estimate of drug-likeness (QED) is 0.668. The third-order valence-electron chi connectivity index (χ3n) is 5.48. The number of nitrogens with zero attached hydrogens (tertiary/aromatic N) is 3. The van der Waals surface area contributed by atoms with Gasteiger partial charge in [-0.05, 0) is 44.4 Å². The standard InChI is InChI=1S/C26H30N4O2/c1-18-9-11-19(12-10-18)21-8-6-5-7-20(21)16-30-13-14-32-25-22(15-27-17-28-25)23(30)24(31)29-26(2,3)4/h5-12,15,17,23H,13-14,16H2,1-4H3,(H,29,31). The van der Waals surface area contributed by atoms with E-state index in [0.29, 0.717) is 31.1 Å². The predicted molar refractivity (Wildman–Crippen MR) is 125 cm³/mol. The first-order valence-electron chi connectivity index (χ1n) is 11.0. The van der Waals surface area contributed by atoms with E-state index in [-0.39, 0.29) is 11.4 Å². The molecule has 0 spiro atoms. The molecule has 0 fully saturated rings. The molecule has 6 heteroatoms. The van der Waals surface area contributed by atoms with E-state index >= 15 is 0 Å². The van der Waals surface area contributed by atoms with E-state index in [1.165, 1.54) is 11.9 Å². The lowest BCUT2D eigenvalue weighted by Crippen LogP contribution is -2.47. The summed E-state index contributed by atoms with van der Waals surface area (Å²) >= 11 is 0. The molecule has 1 aliphatic rings. The lowest BCUT2D eigenvalue weighted by Gasteiger charge is -2.32. The summed E-state index contributed by atoms with van der Waals surface area (Å²) in [5.74, 6) is 0.398. The molecule has 1 unspecified atom stereocenters. The highest BCUT2D eigenvalue weighted by Crippen LogP contribution is 2.33. The molecule has 1 aromatic heterocycles. The lowest BCUT2D eigenvalue weighted by atomic mass is 9.97. The van der Waals surface area contributed by atoms with Crippen molar-refractivity contribution in [3.63, 3.8) is 0 Å². The van der Waals surface area contributed by atoms with Gasteiger partial charge in [0.15, 0.2) is 0 Å². The molecule has 32 heavy (non-hydrogen) atoms. The Morgan fingerprint density at radius 1 is 1.16 bits per heavy atom. The number of benzene rings is 2. The number of nitrogens with one attached hydrogen (secondary N) is 1. The van der Waals surface area contributed by atoms with Crippen molar-refractivity contribution in [2.24, 2.45) is 0 Å². The smallest absolute Gasteiger partial charge is 0.242 e. The maximum Gasteiger partial charge on any atom is 0.242 e. The summed E-state index contributed by atoms with van der Waals surface area (Å²) in [7, 11) is 0. The van der Waals surface area contributed by atoms with Gasteiger partial charge in [0.25, 0.3) is 0 Å². The van der Waals surface area contributed by atoms with E-state index < -0.39 is 6.04 Å². The number of hydrogen-bond donors (Lipinski definition) is 1. The van der Waals surface area contributed by atoms with Gasteiger partial charge in [0.2, 0.25) is 11.8 Å². The highest BCUT2D eigenvalue weighted by molar-refractivity contribution is 5.84. The predicted octanol–water partition coefficient (Wildman–Crippen LogP) is 4.30. The van der Waals surface area contributed by atoms with Crippen molar-refractivity contribution in [3.8, 4) is 17.0 Å². The molecule has 1 N–H and O–H groups in total. The molecule has 0 saturated heterocycles. The van der Waals surface area contributed by atoms with Crippen molar-refractivity contribution in [1.82, 2.24) is 20.2 Å². The molecular weight excluding hydrogens is 400 g/mol. The van der Waals surface area contributed by atoms with E-state index in [0.717, 1.165) is 16.7 Å². The topological polar surface area (TPSA) is 67.3 Å². The Balaban J connectivity index is 1.72. The minimum Gasteiger partial charge on any atom is -0.476 e. The number of rotatable bonds is 4. The zero-order valence-electron chi connectivity index (χ0n) is 19.1. The zero-order chi connectivity index (χ0) is 22.7. The number of ether oxygens (including phenoxy) is 1. The molecule has 6 nitrogen and oxygen atoms in total. The van der Waals surface area contributed by atoms with Crippen LogP contribution in [0.3, 0.4) is 0 Å². The number of fused-ring (bicyclic) bond motifs is 1. The Morgan fingerprint density at radius 3 is 2.66 bits per heavy atom. The van der Waals surface area contributed by atoms with Gasteiger partial charge in [-0.2, -0.15) is 0 Å². The molecule has 0 aliphatic carbocycles. The molecule has 1 atom stereocenters. The van der Waals surface area contributed by atoms with E-state index in [9.17, 15) is 4.79 Å². The van der Waals surface area contributed by atoms with Crippen molar-refractivity contribution < 1.29 is 9.53 Å². The summed E-state index contributed by atoms with van der Waals surface area (Å²) in [5, 5.41) is 3.13. The van der Waals surface area contributed by atoms with Crippen LogP contribution < -0.4 is 10.1 Å². The Morgan fingerprint density at radius 2 is 1.91 bits per heavy atom. The fourth-order valence-electron chi connectivity index (χ4n) is 4.03. The van der Waals surface area contributed by atoms with Crippen molar-refractivity contribution in [3.05, 3.63) is 77.7 Å². The van der Waals surface area contributed by atoms with Crippen LogP contribution in [0.1, 0.15) is 43.5 Å². The highest BCUT2D eigenvalue weighted by atomic mass is 16.5. The Kier molecular flexibility index (Phi) is 6.24. The fourth-order valence-corrected chi connectivity index (χ4v) is 4.03. The number of carbonyl (C=O) groups excluding carboxylic acids is 1. The summed E-state index contributed by atoms with van der Waals surface area (Å²) < 4.78 is 5.88. The summed E-state index contributed by atoms with van der Waals surface area (Å²) in [4.78, 5) is 24.1. The van der Waals surface area contributed by atoms with E-state index in [2.05, 4.69) is 69.6 Å². The maximum atomic E-state index is 13.5. The molecule has 0 radical (unpaired) electrons. The summed E-state index contributed by atoms with van der Waals surface area (Å²) in [6, 6.07) is 16.4. The van der Waals surface area contributed by atoms with Crippen LogP contribution in [0.15, 0.2) is 61.1 Å². The summed E-state index contributed by atoms with van der Waals surface area (Å²) in [5.41, 5.74) is 5.05. The van der Waals surface area contributed by atoms with Gasteiger partial charge in [0.05, 0.1) is 5.56 Å². The van der Waals surface area contributed by atoms with Gasteiger partial charge in [-0.25, -0.2) is 9.97 Å². The highest BCUT2D eigenvalue weighted by Gasteiger charge is 2.35. The average Bonchev–Trinajstić information content (AvgIpc) is 2.93. The van der Waals surface area contributed by atoms with Gasteiger partial charge in [-0.15, -0.1) is 0 Å².